The second-order valence-electron chi connectivity index (χ2n) is 3.97. The Kier molecular flexibility index (Phi) is 1.79. The molecule has 3 rings (SSSR count). The van der Waals surface area contributed by atoms with Gasteiger partial charge in [0, 0.05) is 0 Å². The highest BCUT2D eigenvalue weighted by Crippen LogP contribution is 2.27. The van der Waals surface area contributed by atoms with Gasteiger partial charge in [-0.1, -0.05) is 31.3 Å². The lowest BCUT2D eigenvalue weighted by Gasteiger charge is -2.04. The largest absolute Gasteiger partial charge is 0.272 e. The number of hydrogen-bond donors (Lipinski definition) is 0. The standard InChI is InChI=1S/C11H11N3S/c1-7(2)8-3-4-10-9(5-8)14-6-12-13-11(14)15-10/h3-7H,1-2H3. The molecule has 0 aliphatic rings. The summed E-state index contributed by atoms with van der Waals surface area (Å²) in [7, 11) is 0. The van der Waals surface area contributed by atoms with E-state index in [0.717, 1.165) is 4.96 Å². The van der Waals surface area contributed by atoms with E-state index in [0.29, 0.717) is 5.92 Å². The van der Waals surface area contributed by atoms with Crippen molar-refractivity contribution in [3.63, 3.8) is 0 Å². The lowest BCUT2D eigenvalue weighted by molar-refractivity contribution is 0.868. The van der Waals surface area contributed by atoms with Crippen molar-refractivity contribution in [2.75, 3.05) is 0 Å². The first-order valence-corrected chi connectivity index (χ1v) is 5.79. The average molecular weight is 217 g/mol. The molecule has 0 unspecified atom stereocenters. The SMILES string of the molecule is CC(C)c1ccc2sc3nncn3c2c1. The summed E-state index contributed by atoms with van der Waals surface area (Å²) in [5.74, 6) is 0.556. The maximum atomic E-state index is 4.06. The summed E-state index contributed by atoms with van der Waals surface area (Å²) in [5, 5.41) is 7.97. The van der Waals surface area contributed by atoms with Crippen LogP contribution < -0.4 is 0 Å². The minimum Gasteiger partial charge on any atom is -0.272 e. The summed E-state index contributed by atoms with van der Waals surface area (Å²) >= 11 is 1.68. The lowest BCUT2D eigenvalue weighted by Crippen LogP contribution is -1.87. The number of rotatable bonds is 1. The molecule has 0 N–H and O–H groups in total. The summed E-state index contributed by atoms with van der Waals surface area (Å²) in [6, 6.07) is 6.59. The first kappa shape index (κ1) is 8.85. The van der Waals surface area contributed by atoms with Crippen molar-refractivity contribution in [1.82, 2.24) is 14.6 Å². The number of fused-ring (bicyclic) bond motifs is 3. The van der Waals surface area contributed by atoms with Gasteiger partial charge in [-0.15, -0.1) is 10.2 Å². The molecule has 0 atom stereocenters. The van der Waals surface area contributed by atoms with Gasteiger partial charge in [0.1, 0.15) is 6.33 Å². The Bertz CT molecular complexity index is 621. The zero-order valence-corrected chi connectivity index (χ0v) is 9.45. The normalized spacial score (nSPS) is 11.9. The quantitative estimate of drug-likeness (QED) is 0.627. The molecule has 0 radical (unpaired) electrons. The van der Waals surface area contributed by atoms with Gasteiger partial charge < -0.3 is 0 Å². The fourth-order valence-electron chi connectivity index (χ4n) is 1.73. The Morgan fingerprint density at radius 1 is 1.33 bits per heavy atom. The van der Waals surface area contributed by atoms with Crippen LogP contribution in [0, 0.1) is 0 Å². The maximum absolute atomic E-state index is 4.06. The summed E-state index contributed by atoms with van der Waals surface area (Å²) < 4.78 is 3.32. The third kappa shape index (κ3) is 1.25. The van der Waals surface area contributed by atoms with E-state index >= 15 is 0 Å². The molecular formula is C11H11N3S. The zero-order chi connectivity index (χ0) is 10.4. The van der Waals surface area contributed by atoms with Crippen LogP contribution in [0.15, 0.2) is 24.5 Å². The predicted molar refractivity (Wildman–Crippen MR) is 62.5 cm³/mol. The average Bonchev–Trinajstić information content (AvgIpc) is 2.75. The van der Waals surface area contributed by atoms with Gasteiger partial charge in [0.25, 0.3) is 0 Å². The van der Waals surface area contributed by atoms with Crippen LogP contribution >= 0.6 is 11.3 Å². The molecule has 4 heteroatoms. The Morgan fingerprint density at radius 2 is 2.20 bits per heavy atom. The van der Waals surface area contributed by atoms with Crippen LogP contribution in [-0.4, -0.2) is 14.6 Å². The van der Waals surface area contributed by atoms with Crippen molar-refractivity contribution >= 4 is 26.5 Å². The fraction of sp³-hybridized carbons (Fsp3) is 0.273. The van der Waals surface area contributed by atoms with Crippen molar-refractivity contribution < 1.29 is 0 Å². The second kappa shape index (κ2) is 3.03. The van der Waals surface area contributed by atoms with Crippen LogP contribution in [0.5, 0.6) is 0 Å². The number of nitrogens with zero attached hydrogens (tertiary/aromatic N) is 3. The predicted octanol–water partition coefficient (Wildman–Crippen LogP) is 3.07. The minimum atomic E-state index is 0.556. The van der Waals surface area contributed by atoms with Crippen LogP contribution in [0.2, 0.25) is 0 Å². The van der Waals surface area contributed by atoms with Crippen LogP contribution in [0.1, 0.15) is 25.3 Å². The van der Waals surface area contributed by atoms with Gasteiger partial charge >= 0.3 is 0 Å². The Hall–Kier alpha value is -1.42. The summed E-state index contributed by atoms with van der Waals surface area (Å²) in [6.45, 7) is 4.41. The van der Waals surface area contributed by atoms with E-state index in [4.69, 9.17) is 0 Å². The number of hydrogen-bond acceptors (Lipinski definition) is 3. The van der Waals surface area contributed by atoms with Gasteiger partial charge in [-0.2, -0.15) is 0 Å². The topological polar surface area (TPSA) is 30.2 Å². The molecule has 3 nitrogen and oxygen atoms in total. The fourth-order valence-corrected chi connectivity index (χ4v) is 2.65. The van der Waals surface area contributed by atoms with E-state index in [2.05, 4.69) is 42.2 Å². The molecule has 2 aromatic heterocycles. The van der Waals surface area contributed by atoms with Crippen LogP contribution in [0.4, 0.5) is 0 Å². The third-order valence-electron chi connectivity index (χ3n) is 2.63. The van der Waals surface area contributed by atoms with E-state index in [-0.39, 0.29) is 0 Å². The lowest BCUT2D eigenvalue weighted by atomic mass is 10.0. The monoisotopic (exact) mass is 217 g/mol. The number of benzene rings is 1. The molecule has 0 spiro atoms. The molecule has 0 aliphatic heterocycles. The molecule has 3 aromatic rings. The highest BCUT2D eigenvalue weighted by Gasteiger charge is 2.07. The highest BCUT2D eigenvalue weighted by atomic mass is 32.1. The minimum absolute atomic E-state index is 0.556. The van der Waals surface area contributed by atoms with E-state index in [1.165, 1.54) is 15.8 Å². The van der Waals surface area contributed by atoms with Crippen molar-refractivity contribution in [3.05, 3.63) is 30.1 Å². The van der Waals surface area contributed by atoms with Gasteiger partial charge in [-0.25, -0.2) is 0 Å². The van der Waals surface area contributed by atoms with E-state index < -0.39 is 0 Å². The number of aromatic nitrogens is 3. The van der Waals surface area contributed by atoms with Crippen molar-refractivity contribution in [2.24, 2.45) is 0 Å². The zero-order valence-electron chi connectivity index (χ0n) is 8.64. The van der Waals surface area contributed by atoms with Crippen molar-refractivity contribution in [2.45, 2.75) is 19.8 Å². The molecule has 0 aliphatic carbocycles. The number of thiazole rings is 1. The van der Waals surface area contributed by atoms with E-state index in [1.807, 2.05) is 4.40 Å². The Morgan fingerprint density at radius 3 is 3.00 bits per heavy atom. The molecule has 1 aromatic carbocycles. The van der Waals surface area contributed by atoms with E-state index in [1.54, 1.807) is 17.7 Å². The Labute approximate surface area is 91.4 Å². The van der Waals surface area contributed by atoms with Crippen LogP contribution in [-0.2, 0) is 0 Å². The highest BCUT2D eigenvalue weighted by molar-refractivity contribution is 7.23. The molecule has 76 valence electrons. The Balaban J connectivity index is 2.39. The van der Waals surface area contributed by atoms with Gasteiger partial charge in [0.05, 0.1) is 10.2 Å². The smallest absolute Gasteiger partial charge is 0.217 e. The molecular weight excluding hydrogens is 206 g/mol. The van der Waals surface area contributed by atoms with Gasteiger partial charge in [-0.05, 0) is 23.6 Å². The van der Waals surface area contributed by atoms with Crippen molar-refractivity contribution in [1.29, 1.82) is 0 Å². The first-order chi connectivity index (χ1) is 7.25. The van der Waals surface area contributed by atoms with Crippen LogP contribution in [0.3, 0.4) is 0 Å². The molecule has 15 heavy (non-hydrogen) atoms. The third-order valence-corrected chi connectivity index (χ3v) is 3.65. The summed E-state index contributed by atoms with van der Waals surface area (Å²) in [5.41, 5.74) is 2.57. The van der Waals surface area contributed by atoms with Crippen LogP contribution in [0.25, 0.3) is 15.2 Å². The molecule has 2 heterocycles. The maximum Gasteiger partial charge on any atom is 0.217 e. The molecule has 0 bridgehead atoms. The summed E-state index contributed by atoms with van der Waals surface area (Å²) in [6.07, 6.45) is 1.78. The molecule has 0 fully saturated rings. The van der Waals surface area contributed by atoms with Gasteiger partial charge in [-0.3, -0.25) is 4.40 Å². The second-order valence-corrected chi connectivity index (χ2v) is 4.98. The first-order valence-electron chi connectivity index (χ1n) is 4.98. The molecule has 0 amide bonds. The molecule has 0 saturated carbocycles. The molecule has 0 saturated heterocycles. The van der Waals surface area contributed by atoms with Gasteiger partial charge in [0.2, 0.25) is 4.96 Å². The van der Waals surface area contributed by atoms with Gasteiger partial charge in [0.15, 0.2) is 0 Å². The van der Waals surface area contributed by atoms with E-state index in [9.17, 15) is 0 Å². The summed E-state index contributed by atoms with van der Waals surface area (Å²) in [4.78, 5) is 0.964. The van der Waals surface area contributed by atoms with Crippen molar-refractivity contribution in [3.8, 4) is 0 Å².